The Balaban J connectivity index is 2.90. The minimum atomic E-state index is -0.935. The molecule has 1 aliphatic heterocycles. The summed E-state index contributed by atoms with van der Waals surface area (Å²) in [6.45, 7) is 3.42. The molecular weight excluding hydrogens is 282 g/mol. The SMILES string of the molecule is CC(=O)OCC1OC(C#N)CC(OC(C)=O)C1OC(C)=O. The average molecular weight is 299 g/mol. The predicted molar refractivity (Wildman–Crippen MR) is 66.6 cm³/mol. The molecule has 1 aliphatic rings. The predicted octanol–water partition coefficient (Wildman–Crippen LogP) is 0.0940. The van der Waals surface area contributed by atoms with Crippen molar-refractivity contribution < 1.29 is 33.3 Å². The van der Waals surface area contributed by atoms with Crippen LogP contribution in [0.4, 0.5) is 0 Å². The second kappa shape index (κ2) is 7.59. The molecule has 1 rings (SSSR count). The van der Waals surface area contributed by atoms with Crippen LogP contribution in [-0.2, 0) is 33.3 Å². The highest BCUT2D eigenvalue weighted by atomic mass is 16.6. The number of hydrogen-bond donors (Lipinski definition) is 0. The number of esters is 3. The molecule has 4 atom stereocenters. The lowest BCUT2D eigenvalue weighted by Crippen LogP contribution is -2.53. The van der Waals surface area contributed by atoms with Crippen LogP contribution < -0.4 is 0 Å². The number of nitriles is 1. The molecule has 1 heterocycles. The second-order valence-corrected chi connectivity index (χ2v) is 4.55. The van der Waals surface area contributed by atoms with Gasteiger partial charge in [-0.05, 0) is 0 Å². The zero-order valence-electron chi connectivity index (χ0n) is 12.0. The molecule has 0 saturated carbocycles. The van der Waals surface area contributed by atoms with Gasteiger partial charge in [-0.15, -0.1) is 0 Å². The van der Waals surface area contributed by atoms with Gasteiger partial charge in [0.05, 0.1) is 6.07 Å². The summed E-state index contributed by atoms with van der Waals surface area (Å²) in [6, 6.07) is 1.90. The van der Waals surface area contributed by atoms with E-state index >= 15 is 0 Å². The third-order valence-corrected chi connectivity index (χ3v) is 2.73. The van der Waals surface area contributed by atoms with Crippen molar-refractivity contribution in [1.29, 1.82) is 5.26 Å². The smallest absolute Gasteiger partial charge is 0.303 e. The van der Waals surface area contributed by atoms with Crippen LogP contribution >= 0.6 is 0 Å². The molecule has 0 amide bonds. The summed E-state index contributed by atoms with van der Waals surface area (Å²) in [5.74, 6) is -1.70. The Bertz CT molecular complexity index is 456. The Morgan fingerprint density at radius 2 is 1.76 bits per heavy atom. The second-order valence-electron chi connectivity index (χ2n) is 4.55. The standard InChI is InChI=1S/C13H17NO7/c1-7(15)18-6-12-13(20-9(3)17)11(19-8(2)16)4-10(5-14)21-12/h10-13H,4,6H2,1-3H3. The van der Waals surface area contributed by atoms with Crippen molar-refractivity contribution in [3.63, 3.8) is 0 Å². The first kappa shape index (κ1) is 16.9. The van der Waals surface area contributed by atoms with Gasteiger partial charge in [0.25, 0.3) is 0 Å². The Hall–Kier alpha value is -2.14. The zero-order chi connectivity index (χ0) is 16.0. The van der Waals surface area contributed by atoms with Gasteiger partial charge in [0, 0.05) is 27.2 Å². The van der Waals surface area contributed by atoms with Crippen molar-refractivity contribution >= 4 is 17.9 Å². The molecule has 0 aromatic rings. The minimum absolute atomic E-state index is 0.0740. The third kappa shape index (κ3) is 5.39. The fourth-order valence-electron chi connectivity index (χ4n) is 2.02. The van der Waals surface area contributed by atoms with Crippen molar-refractivity contribution in [2.24, 2.45) is 0 Å². The summed E-state index contributed by atoms with van der Waals surface area (Å²) in [7, 11) is 0. The van der Waals surface area contributed by atoms with Gasteiger partial charge >= 0.3 is 17.9 Å². The molecule has 21 heavy (non-hydrogen) atoms. The molecule has 0 N–H and O–H groups in total. The van der Waals surface area contributed by atoms with Gasteiger partial charge in [0.2, 0.25) is 0 Å². The van der Waals surface area contributed by atoms with Crippen LogP contribution in [0.1, 0.15) is 27.2 Å². The van der Waals surface area contributed by atoms with E-state index in [0.717, 1.165) is 0 Å². The molecule has 0 aromatic heterocycles. The van der Waals surface area contributed by atoms with Crippen LogP contribution in [0.2, 0.25) is 0 Å². The van der Waals surface area contributed by atoms with E-state index in [1.165, 1.54) is 20.8 Å². The first-order valence-electron chi connectivity index (χ1n) is 6.36. The van der Waals surface area contributed by atoms with Gasteiger partial charge in [-0.2, -0.15) is 5.26 Å². The van der Waals surface area contributed by atoms with Crippen LogP contribution in [-0.4, -0.2) is 48.9 Å². The van der Waals surface area contributed by atoms with Gasteiger partial charge in [-0.3, -0.25) is 14.4 Å². The van der Waals surface area contributed by atoms with E-state index in [0.29, 0.717) is 0 Å². The monoisotopic (exact) mass is 299 g/mol. The van der Waals surface area contributed by atoms with Gasteiger partial charge in [0.1, 0.15) is 24.9 Å². The summed E-state index contributed by atoms with van der Waals surface area (Å²) < 4.78 is 20.4. The fraction of sp³-hybridized carbons (Fsp3) is 0.692. The molecule has 1 saturated heterocycles. The highest BCUT2D eigenvalue weighted by molar-refractivity contribution is 5.67. The number of rotatable bonds is 4. The first-order chi connectivity index (χ1) is 9.83. The molecule has 0 radical (unpaired) electrons. The van der Waals surface area contributed by atoms with E-state index in [9.17, 15) is 14.4 Å². The number of nitrogens with zero attached hydrogens (tertiary/aromatic N) is 1. The van der Waals surface area contributed by atoms with Crippen LogP contribution in [0.25, 0.3) is 0 Å². The van der Waals surface area contributed by atoms with Crippen molar-refractivity contribution in [1.82, 2.24) is 0 Å². The van der Waals surface area contributed by atoms with Crippen molar-refractivity contribution in [2.75, 3.05) is 6.61 Å². The maximum atomic E-state index is 11.2. The number of carbonyl (C=O) groups excluding carboxylic acids is 3. The maximum absolute atomic E-state index is 11.2. The molecule has 4 unspecified atom stereocenters. The molecular formula is C13H17NO7. The quantitative estimate of drug-likeness (QED) is 0.530. The molecule has 0 spiro atoms. The topological polar surface area (TPSA) is 112 Å². The summed E-state index contributed by atoms with van der Waals surface area (Å²) >= 11 is 0. The van der Waals surface area contributed by atoms with Gasteiger partial charge in [-0.25, -0.2) is 0 Å². The molecule has 116 valence electrons. The van der Waals surface area contributed by atoms with Crippen molar-refractivity contribution in [3.8, 4) is 6.07 Å². The van der Waals surface area contributed by atoms with E-state index in [4.69, 9.17) is 24.2 Å². The summed E-state index contributed by atoms with van der Waals surface area (Å²) in [6.07, 6.45) is -3.41. The zero-order valence-corrected chi connectivity index (χ0v) is 12.0. The molecule has 1 fully saturated rings. The largest absolute Gasteiger partial charge is 0.463 e. The highest BCUT2D eigenvalue weighted by Crippen LogP contribution is 2.26. The van der Waals surface area contributed by atoms with Crippen LogP contribution in [0.5, 0.6) is 0 Å². The van der Waals surface area contributed by atoms with Crippen molar-refractivity contribution in [3.05, 3.63) is 0 Å². The molecule has 0 bridgehead atoms. The lowest BCUT2D eigenvalue weighted by Gasteiger charge is -2.38. The van der Waals surface area contributed by atoms with E-state index < -0.39 is 42.3 Å². The van der Waals surface area contributed by atoms with Gasteiger partial charge < -0.3 is 18.9 Å². The van der Waals surface area contributed by atoms with Gasteiger partial charge in [-0.1, -0.05) is 0 Å². The van der Waals surface area contributed by atoms with Crippen molar-refractivity contribution in [2.45, 2.75) is 51.6 Å². The third-order valence-electron chi connectivity index (χ3n) is 2.73. The van der Waals surface area contributed by atoms with Crippen LogP contribution in [0, 0.1) is 11.3 Å². The Morgan fingerprint density at radius 1 is 1.14 bits per heavy atom. The van der Waals surface area contributed by atoms with E-state index in [-0.39, 0.29) is 13.0 Å². The normalized spacial score (nSPS) is 28.1. The summed E-state index contributed by atoms with van der Waals surface area (Å²) in [4.78, 5) is 33.2. The van der Waals surface area contributed by atoms with E-state index in [2.05, 4.69) is 0 Å². The van der Waals surface area contributed by atoms with E-state index in [1.807, 2.05) is 6.07 Å². The van der Waals surface area contributed by atoms with Crippen LogP contribution in [0.15, 0.2) is 0 Å². The van der Waals surface area contributed by atoms with Crippen LogP contribution in [0.3, 0.4) is 0 Å². The molecule has 8 heteroatoms. The lowest BCUT2D eigenvalue weighted by molar-refractivity contribution is -0.208. The number of carbonyl (C=O) groups is 3. The highest BCUT2D eigenvalue weighted by Gasteiger charge is 2.43. The average Bonchev–Trinajstić information content (AvgIpc) is 2.37. The molecule has 8 nitrogen and oxygen atoms in total. The molecule has 0 aliphatic carbocycles. The summed E-state index contributed by atoms with van der Waals surface area (Å²) in [5.41, 5.74) is 0. The first-order valence-corrected chi connectivity index (χ1v) is 6.36. The molecule has 0 aromatic carbocycles. The van der Waals surface area contributed by atoms with Gasteiger partial charge in [0.15, 0.2) is 6.10 Å². The summed E-state index contributed by atoms with van der Waals surface area (Å²) in [5, 5.41) is 8.98. The lowest BCUT2D eigenvalue weighted by atomic mass is 9.98. The number of hydrogen-bond acceptors (Lipinski definition) is 8. The maximum Gasteiger partial charge on any atom is 0.303 e. The number of ether oxygens (including phenoxy) is 4. The Kier molecular flexibility index (Phi) is 6.11. The Labute approximate surface area is 121 Å². The fourth-order valence-corrected chi connectivity index (χ4v) is 2.02. The van der Waals surface area contributed by atoms with E-state index in [1.54, 1.807) is 0 Å². The Morgan fingerprint density at radius 3 is 2.24 bits per heavy atom. The minimum Gasteiger partial charge on any atom is -0.463 e.